The van der Waals surface area contributed by atoms with Gasteiger partial charge in [-0.2, -0.15) is 5.10 Å². The maximum Gasteiger partial charge on any atom is 0.360 e. The van der Waals surface area contributed by atoms with E-state index in [0.717, 1.165) is 0 Å². The lowest BCUT2D eigenvalue weighted by molar-refractivity contribution is -0.145. The lowest BCUT2D eigenvalue weighted by Crippen LogP contribution is -2.30. The molecular formula is C17H18N2O5. The molecule has 0 saturated carbocycles. The molecule has 1 atom stereocenters. The van der Waals surface area contributed by atoms with Crippen LogP contribution in [-0.2, 0) is 20.8 Å². The first-order valence-corrected chi connectivity index (χ1v) is 7.85. The molecule has 1 fully saturated rings. The Bertz CT molecular complexity index is 856. The number of esters is 2. The number of benzene rings is 1. The number of carbonyl (C=O) groups is 2. The number of rotatable bonds is 4. The van der Waals surface area contributed by atoms with Crippen molar-refractivity contribution in [2.24, 2.45) is 5.92 Å². The normalized spacial score (nSPS) is 17.3. The quantitative estimate of drug-likeness (QED) is 0.790. The van der Waals surface area contributed by atoms with Crippen molar-refractivity contribution in [3.05, 3.63) is 40.3 Å². The highest BCUT2D eigenvalue weighted by atomic mass is 16.6. The van der Waals surface area contributed by atoms with E-state index in [4.69, 9.17) is 9.47 Å². The van der Waals surface area contributed by atoms with Crippen molar-refractivity contribution in [1.82, 2.24) is 9.78 Å². The Balaban J connectivity index is 2.05. The van der Waals surface area contributed by atoms with E-state index in [-0.39, 0.29) is 23.8 Å². The van der Waals surface area contributed by atoms with Crippen molar-refractivity contribution in [2.45, 2.75) is 32.9 Å². The topological polar surface area (TPSA) is 87.5 Å². The van der Waals surface area contributed by atoms with Crippen LogP contribution in [0.25, 0.3) is 10.8 Å². The molecule has 0 aliphatic carbocycles. The van der Waals surface area contributed by atoms with Gasteiger partial charge < -0.3 is 9.47 Å². The zero-order chi connectivity index (χ0) is 17.3. The minimum Gasteiger partial charge on any atom is -0.463 e. The Kier molecular flexibility index (Phi) is 4.33. The van der Waals surface area contributed by atoms with Gasteiger partial charge in [-0.15, -0.1) is 0 Å². The largest absolute Gasteiger partial charge is 0.463 e. The second-order valence-electron chi connectivity index (χ2n) is 6.13. The SMILES string of the molecule is CC(C)Cn1nc(C(=O)O[C@H]2CCOC2=O)c2ccccc2c1=O. The summed E-state index contributed by atoms with van der Waals surface area (Å²) in [6, 6.07) is 6.74. The van der Waals surface area contributed by atoms with Gasteiger partial charge in [0.2, 0.25) is 6.10 Å². The third-order valence-corrected chi connectivity index (χ3v) is 3.74. The van der Waals surface area contributed by atoms with E-state index in [1.165, 1.54) is 4.68 Å². The average molecular weight is 330 g/mol. The Morgan fingerprint density at radius 3 is 2.67 bits per heavy atom. The molecule has 2 aromatic rings. The number of carbonyl (C=O) groups excluding carboxylic acids is 2. The molecule has 0 radical (unpaired) electrons. The van der Waals surface area contributed by atoms with Gasteiger partial charge in [-0.05, 0) is 12.0 Å². The third-order valence-electron chi connectivity index (χ3n) is 3.74. The summed E-state index contributed by atoms with van der Waals surface area (Å²) in [7, 11) is 0. The van der Waals surface area contributed by atoms with Gasteiger partial charge in [-0.25, -0.2) is 14.3 Å². The summed E-state index contributed by atoms with van der Waals surface area (Å²) in [4.78, 5) is 36.5. The molecule has 0 unspecified atom stereocenters. The van der Waals surface area contributed by atoms with Crippen LogP contribution in [0.3, 0.4) is 0 Å². The van der Waals surface area contributed by atoms with Crippen molar-refractivity contribution in [3.8, 4) is 0 Å². The van der Waals surface area contributed by atoms with Crippen molar-refractivity contribution < 1.29 is 19.1 Å². The summed E-state index contributed by atoms with van der Waals surface area (Å²) in [5.74, 6) is -1.10. The monoisotopic (exact) mass is 330 g/mol. The van der Waals surface area contributed by atoms with Crippen LogP contribution in [0, 0.1) is 5.92 Å². The fraction of sp³-hybridized carbons (Fsp3) is 0.412. The van der Waals surface area contributed by atoms with Crippen LogP contribution in [-0.4, -0.2) is 34.4 Å². The van der Waals surface area contributed by atoms with E-state index in [9.17, 15) is 14.4 Å². The van der Waals surface area contributed by atoms with Crippen molar-refractivity contribution in [2.75, 3.05) is 6.61 Å². The molecule has 1 aliphatic rings. The van der Waals surface area contributed by atoms with Gasteiger partial charge >= 0.3 is 11.9 Å². The average Bonchev–Trinajstić information content (AvgIpc) is 2.94. The fourth-order valence-corrected chi connectivity index (χ4v) is 2.62. The molecule has 3 rings (SSSR count). The lowest BCUT2D eigenvalue weighted by atomic mass is 10.1. The molecular weight excluding hydrogens is 312 g/mol. The highest BCUT2D eigenvalue weighted by Crippen LogP contribution is 2.18. The summed E-state index contributed by atoms with van der Waals surface area (Å²) in [5.41, 5.74) is -0.221. The number of fused-ring (bicyclic) bond motifs is 1. The maximum absolute atomic E-state index is 12.5. The van der Waals surface area contributed by atoms with Crippen LogP contribution in [0.1, 0.15) is 30.8 Å². The number of ether oxygens (including phenoxy) is 2. The number of cyclic esters (lactones) is 1. The van der Waals surface area contributed by atoms with E-state index in [1.807, 2.05) is 13.8 Å². The summed E-state index contributed by atoms with van der Waals surface area (Å²) >= 11 is 0. The molecule has 1 aliphatic heterocycles. The summed E-state index contributed by atoms with van der Waals surface area (Å²) in [5, 5.41) is 5.00. The van der Waals surface area contributed by atoms with E-state index in [1.54, 1.807) is 24.3 Å². The van der Waals surface area contributed by atoms with Gasteiger partial charge in [0.1, 0.15) is 0 Å². The maximum atomic E-state index is 12.5. The zero-order valence-corrected chi connectivity index (χ0v) is 13.5. The lowest BCUT2D eigenvalue weighted by Gasteiger charge is -2.13. The molecule has 1 aromatic carbocycles. The van der Waals surface area contributed by atoms with Gasteiger partial charge in [-0.3, -0.25) is 4.79 Å². The minimum atomic E-state index is -0.913. The molecule has 1 aromatic heterocycles. The predicted molar refractivity (Wildman–Crippen MR) is 85.6 cm³/mol. The first kappa shape index (κ1) is 16.2. The molecule has 0 amide bonds. The Morgan fingerprint density at radius 1 is 1.33 bits per heavy atom. The molecule has 126 valence electrons. The molecule has 1 saturated heterocycles. The zero-order valence-electron chi connectivity index (χ0n) is 13.5. The molecule has 0 bridgehead atoms. The Hall–Kier alpha value is -2.70. The van der Waals surface area contributed by atoms with Gasteiger partial charge in [0.15, 0.2) is 5.69 Å². The predicted octanol–water partition coefficient (Wildman–Crippen LogP) is 1.52. The smallest absolute Gasteiger partial charge is 0.360 e. The van der Waals surface area contributed by atoms with Crippen LogP contribution in [0.5, 0.6) is 0 Å². The van der Waals surface area contributed by atoms with E-state index in [0.29, 0.717) is 23.7 Å². The summed E-state index contributed by atoms with van der Waals surface area (Å²) in [6.45, 7) is 4.53. The second-order valence-corrected chi connectivity index (χ2v) is 6.13. The number of hydrogen-bond donors (Lipinski definition) is 0. The minimum absolute atomic E-state index is 0.0329. The number of hydrogen-bond acceptors (Lipinski definition) is 6. The molecule has 0 spiro atoms. The first-order chi connectivity index (χ1) is 11.5. The fourth-order valence-electron chi connectivity index (χ4n) is 2.62. The van der Waals surface area contributed by atoms with E-state index >= 15 is 0 Å². The Morgan fingerprint density at radius 2 is 2.04 bits per heavy atom. The first-order valence-electron chi connectivity index (χ1n) is 7.85. The summed E-state index contributed by atoms with van der Waals surface area (Å²) in [6.07, 6.45) is -0.586. The summed E-state index contributed by atoms with van der Waals surface area (Å²) < 4.78 is 11.3. The van der Waals surface area contributed by atoms with Crippen LogP contribution < -0.4 is 5.56 Å². The van der Waals surface area contributed by atoms with Gasteiger partial charge in [-0.1, -0.05) is 32.0 Å². The molecule has 7 nitrogen and oxygen atoms in total. The van der Waals surface area contributed by atoms with Gasteiger partial charge in [0.05, 0.1) is 12.0 Å². The third kappa shape index (κ3) is 3.02. The van der Waals surface area contributed by atoms with Crippen LogP contribution in [0.4, 0.5) is 0 Å². The van der Waals surface area contributed by atoms with Gasteiger partial charge in [0.25, 0.3) is 5.56 Å². The van der Waals surface area contributed by atoms with Crippen LogP contribution >= 0.6 is 0 Å². The molecule has 7 heteroatoms. The highest BCUT2D eigenvalue weighted by molar-refractivity contribution is 6.02. The number of nitrogens with zero attached hydrogens (tertiary/aromatic N) is 2. The standard InChI is InChI=1S/C17H18N2O5/c1-10(2)9-19-15(20)12-6-4-3-5-11(12)14(18-19)17(22)24-13-7-8-23-16(13)21/h3-6,10,13H,7-9H2,1-2H3/t13-/m0/s1. The van der Waals surface area contributed by atoms with Gasteiger partial charge in [0, 0.05) is 18.4 Å². The van der Waals surface area contributed by atoms with Crippen molar-refractivity contribution in [1.29, 1.82) is 0 Å². The van der Waals surface area contributed by atoms with Crippen molar-refractivity contribution >= 4 is 22.7 Å². The molecule has 2 heterocycles. The Labute approximate surface area is 138 Å². The molecule has 24 heavy (non-hydrogen) atoms. The van der Waals surface area contributed by atoms with E-state index in [2.05, 4.69) is 5.10 Å². The van der Waals surface area contributed by atoms with Crippen molar-refractivity contribution in [3.63, 3.8) is 0 Å². The van der Waals surface area contributed by atoms with E-state index < -0.39 is 18.0 Å². The number of aromatic nitrogens is 2. The highest BCUT2D eigenvalue weighted by Gasteiger charge is 2.31. The van der Waals surface area contributed by atoms with Crippen LogP contribution in [0.15, 0.2) is 29.1 Å². The second kappa shape index (κ2) is 6.43. The molecule has 0 N–H and O–H groups in total. The van der Waals surface area contributed by atoms with Crippen LogP contribution in [0.2, 0.25) is 0 Å².